The third-order valence-corrected chi connectivity index (χ3v) is 4.41. The van der Waals surface area contributed by atoms with Crippen molar-refractivity contribution < 1.29 is 10.2 Å². The number of hydrogen-bond acceptors (Lipinski definition) is 1. The first-order valence-electron chi connectivity index (χ1n) is 7.65. The Morgan fingerprint density at radius 1 is 1.23 bits per heavy atom. The van der Waals surface area contributed by atoms with Crippen LogP contribution in [0.2, 0.25) is 0 Å². The van der Waals surface area contributed by atoms with E-state index in [1.54, 1.807) is 6.07 Å². The van der Waals surface area contributed by atoms with Gasteiger partial charge in [-0.05, 0) is 74.0 Å². The molecule has 0 aromatic heterocycles. The van der Waals surface area contributed by atoms with E-state index in [9.17, 15) is 8.78 Å². The molecule has 1 aromatic carbocycles. The van der Waals surface area contributed by atoms with Crippen LogP contribution >= 0.6 is 0 Å². The molecule has 0 bridgehead atoms. The van der Waals surface area contributed by atoms with Gasteiger partial charge < -0.3 is 0 Å². The number of nitrogens with zero attached hydrogens (tertiary/aromatic N) is 1. The van der Waals surface area contributed by atoms with Crippen LogP contribution in [0.3, 0.4) is 0 Å². The molecule has 0 N–H and O–H groups in total. The minimum Gasteiger partial charge on any atom is -0.206 e. The molecule has 0 saturated heterocycles. The zero-order chi connectivity index (χ0) is 15.9. The van der Waals surface area contributed by atoms with Gasteiger partial charge in [-0.15, -0.1) is 6.58 Å². The fraction of sp³-hybridized carbons (Fsp3) is 0.421. The maximum Gasteiger partial charge on any atom is 0.152 e. The van der Waals surface area contributed by atoms with E-state index in [1.807, 2.05) is 12.0 Å². The third-order valence-electron chi connectivity index (χ3n) is 4.41. The molecule has 1 saturated carbocycles. The lowest BCUT2D eigenvalue weighted by atomic mass is 9.77. The summed E-state index contributed by atoms with van der Waals surface area (Å²) in [6.45, 7) is 3.74. The lowest BCUT2D eigenvalue weighted by Gasteiger charge is -2.28. The first-order valence-corrected chi connectivity index (χ1v) is 7.65. The highest BCUT2D eigenvalue weighted by molar-refractivity contribution is 5.42. The molecule has 1 aliphatic carbocycles. The van der Waals surface area contributed by atoms with Crippen LogP contribution in [0.15, 0.2) is 24.8 Å². The van der Waals surface area contributed by atoms with Crippen LogP contribution in [-0.2, 0) is 0 Å². The summed E-state index contributed by atoms with van der Waals surface area (Å²) in [5.41, 5.74) is 0.393. The second-order valence-corrected chi connectivity index (χ2v) is 5.81. The number of rotatable bonds is 4. The summed E-state index contributed by atoms with van der Waals surface area (Å²) < 4.78 is 27.9. The molecular weight excluding hydrogens is 280 g/mol. The van der Waals surface area contributed by atoms with E-state index < -0.39 is 11.6 Å². The van der Waals surface area contributed by atoms with E-state index in [0.717, 1.165) is 38.5 Å². The van der Waals surface area contributed by atoms with Gasteiger partial charge in [0.2, 0.25) is 0 Å². The van der Waals surface area contributed by atoms with E-state index >= 15 is 0 Å². The van der Waals surface area contributed by atoms with Crippen molar-refractivity contribution in [2.75, 3.05) is 0 Å². The predicted octanol–water partition coefficient (Wildman–Crippen LogP) is 5.33. The summed E-state index contributed by atoms with van der Waals surface area (Å²) in [5.74, 6) is 3.82. The molecule has 3 heteroatoms. The van der Waals surface area contributed by atoms with Crippen LogP contribution in [0.4, 0.5) is 8.78 Å². The van der Waals surface area contributed by atoms with Crippen molar-refractivity contribution in [1.82, 2.24) is 0 Å². The second-order valence-electron chi connectivity index (χ2n) is 5.81. The molecule has 2 rings (SSSR count). The number of nitriles is 1. The average Bonchev–Trinajstić information content (AvgIpc) is 2.52. The molecule has 1 aromatic rings. The highest BCUT2D eigenvalue weighted by atomic mass is 19.1. The smallest absolute Gasteiger partial charge is 0.152 e. The zero-order valence-corrected chi connectivity index (χ0v) is 12.5. The van der Waals surface area contributed by atoms with Crippen molar-refractivity contribution in [2.45, 2.75) is 44.4 Å². The van der Waals surface area contributed by atoms with E-state index in [1.165, 1.54) is 12.1 Å². The molecule has 1 fully saturated rings. The van der Waals surface area contributed by atoms with Crippen LogP contribution in [0.1, 0.15) is 57.0 Å². The van der Waals surface area contributed by atoms with Crippen LogP contribution in [0.25, 0.3) is 0 Å². The number of hydrogen-bond donors (Lipinski definition) is 0. The topological polar surface area (TPSA) is 23.8 Å². The number of allylic oxidation sites excluding steroid dienone is 1. The van der Waals surface area contributed by atoms with Gasteiger partial charge in [0.25, 0.3) is 0 Å². The zero-order valence-electron chi connectivity index (χ0n) is 12.5. The largest absolute Gasteiger partial charge is 0.206 e. The quantitative estimate of drug-likeness (QED) is 0.545. The summed E-state index contributed by atoms with van der Waals surface area (Å²) >= 11 is 0. The summed E-state index contributed by atoms with van der Waals surface area (Å²) in [5, 5.41) is 8.38. The Morgan fingerprint density at radius 3 is 2.41 bits per heavy atom. The van der Waals surface area contributed by atoms with Gasteiger partial charge in [0, 0.05) is 7.35 Å². The summed E-state index contributed by atoms with van der Waals surface area (Å²) in [4.78, 5) is 0. The number of benzene rings is 1. The molecule has 0 radical (unpaired) electrons. The van der Waals surface area contributed by atoms with Crippen molar-refractivity contribution in [2.24, 2.45) is 5.92 Å². The Balaban J connectivity index is 0.00000264. The van der Waals surface area contributed by atoms with Gasteiger partial charge in [-0.1, -0.05) is 6.08 Å². The third kappa shape index (κ3) is 3.95. The van der Waals surface area contributed by atoms with Crippen molar-refractivity contribution >= 4 is 0 Å². The Labute approximate surface area is 132 Å². The minimum atomic E-state index is -0.675. The van der Waals surface area contributed by atoms with Gasteiger partial charge in [0.15, 0.2) is 6.07 Å². The van der Waals surface area contributed by atoms with Gasteiger partial charge in [0.1, 0.15) is 11.6 Å². The first kappa shape index (κ1) is 16.2. The van der Waals surface area contributed by atoms with Crippen LogP contribution in [-0.4, -0.2) is 0 Å². The second kappa shape index (κ2) is 7.76. The van der Waals surface area contributed by atoms with Gasteiger partial charge in [0.05, 0.1) is 5.56 Å². The maximum atomic E-state index is 14.0. The van der Waals surface area contributed by atoms with Crippen molar-refractivity contribution in [3.8, 4) is 17.9 Å². The van der Waals surface area contributed by atoms with Gasteiger partial charge in [-0.25, -0.2) is 8.78 Å². The molecular formula is C19H21F2N. The fourth-order valence-electron chi connectivity index (χ4n) is 3.18. The van der Waals surface area contributed by atoms with E-state index in [2.05, 4.69) is 12.5 Å². The lowest BCUT2D eigenvalue weighted by molar-refractivity contribution is 0.311. The van der Waals surface area contributed by atoms with Crippen molar-refractivity contribution in [3.05, 3.63) is 47.5 Å². The van der Waals surface area contributed by atoms with Crippen molar-refractivity contribution in [1.29, 1.82) is 5.26 Å². The van der Waals surface area contributed by atoms with E-state index in [4.69, 9.17) is 5.26 Å². The molecule has 0 unspecified atom stereocenters. The molecule has 0 spiro atoms. The molecule has 0 heterocycles. The van der Waals surface area contributed by atoms with Crippen molar-refractivity contribution in [3.63, 3.8) is 0 Å². The Morgan fingerprint density at radius 2 is 1.86 bits per heavy atom. The Hall–Kier alpha value is -2.13. The highest BCUT2D eigenvalue weighted by Gasteiger charge is 2.23. The van der Waals surface area contributed by atoms with E-state index in [0.29, 0.717) is 11.5 Å². The standard InChI is InChI=1S/C19H19F2N.H2/c1-2-3-5-14-7-9-15(10-8-14)16-12-18(20)17(6-4-11-22)19(21)13-16;/h2,12-15H,1,3,5,7-10H2;1H. The number of halogens is 2. The van der Waals surface area contributed by atoms with Gasteiger partial charge >= 0.3 is 0 Å². The lowest BCUT2D eigenvalue weighted by Crippen LogP contribution is -2.14. The predicted molar refractivity (Wildman–Crippen MR) is 85.1 cm³/mol. The van der Waals surface area contributed by atoms with Gasteiger partial charge in [-0.3, -0.25) is 0 Å². The summed E-state index contributed by atoms with van der Waals surface area (Å²) in [6.07, 6.45) is 8.24. The molecule has 0 aliphatic heterocycles. The SMILES string of the molecule is C=CCCC1CCC(c2cc(F)c(C#CC#N)c(F)c2)CC1.[HH]. The monoisotopic (exact) mass is 301 g/mol. The minimum absolute atomic E-state index is 0. The fourth-order valence-corrected chi connectivity index (χ4v) is 3.18. The molecule has 22 heavy (non-hydrogen) atoms. The molecule has 0 amide bonds. The highest BCUT2D eigenvalue weighted by Crippen LogP contribution is 2.38. The Kier molecular flexibility index (Phi) is 5.73. The summed E-state index contributed by atoms with van der Waals surface area (Å²) in [7, 11) is 0. The normalized spacial score (nSPS) is 20.6. The maximum absolute atomic E-state index is 14.0. The first-order chi connectivity index (χ1) is 10.7. The average molecular weight is 301 g/mol. The molecule has 0 atom stereocenters. The molecule has 1 aliphatic rings. The Bertz CT molecular complexity index is 621. The van der Waals surface area contributed by atoms with E-state index in [-0.39, 0.29) is 12.9 Å². The van der Waals surface area contributed by atoms with Crippen LogP contribution in [0.5, 0.6) is 0 Å². The van der Waals surface area contributed by atoms with Gasteiger partial charge in [-0.2, -0.15) is 5.26 Å². The molecule has 1 nitrogen and oxygen atoms in total. The van der Waals surface area contributed by atoms with Crippen LogP contribution < -0.4 is 0 Å². The summed E-state index contributed by atoms with van der Waals surface area (Å²) in [6, 6.07) is 4.32. The van der Waals surface area contributed by atoms with Crippen LogP contribution in [0, 0.1) is 40.7 Å². The molecule has 116 valence electrons.